The van der Waals surface area contributed by atoms with Gasteiger partial charge in [-0.2, -0.15) is 0 Å². The summed E-state index contributed by atoms with van der Waals surface area (Å²) in [4.78, 5) is 0. The lowest BCUT2D eigenvalue weighted by Gasteiger charge is -2.35. The molecular formula is C17H26ClNO. The standard InChI is InChI=1S/C17H26ClNO/c1-12(2)20-16-6-5-14(11-15(16)18)19-13-7-9-17(3,4)10-8-13/h5-6,11-13,19H,7-10H2,1-4H3. The fourth-order valence-corrected chi connectivity index (χ4v) is 2.94. The van der Waals surface area contributed by atoms with Gasteiger partial charge in [-0.05, 0) is 63.1 Å². The van der Waals surface area contributed by atoms with Gasteiger partial charge in [0.15, 0.2) is 0 Å². The van der Waals surface area contributed by atoms with Crippen molar-refractivity contribution in [2.24, 2.45) is 5.41 Å². The van der Waals surface area contributed by atoms with Crippen LogP contribution < -0.4 is 10.1 Å². The summed E-state index contributed by atoms with van der Waals surface area (Å²) < 4.78 is 5.66. The quantitative estimate of drug-likeness (QED) is 0.791. The average molecular weight is 296 g/mol. The minimum atomic E-state index is 0.145. The van der Waals surface area contributed by atoms with Gasteiger partial charge in [0.2, 0.25) is 0 Å². The number of hydrogen-bond acceptors (Lipinski definition) is 2. The van der Waals surface area contributed by atoms with E-state index < -0.39 is 0 Å². The first-order valence-electron chi connectivity index (χ1n) is 7.58. The van der Waals surface area contributed by atoms with Crippen LogP contribution in [0, 0.1) is 5.41 Å². The van der Waals surface area contributed by atoms with Crippen molar-refractivity contribution in [1.29, 1.82) is 0 Å². The zero-order valence-electron chi connectivity index (χ0n) is 13.0. The van der Waals surface area contributed by atoms with Crippen LogP contribution >= 0.6 is 11.6 Å². The van der Waals surface area contributed by atoms with E-state index in [2.05, 4.69) is 25.2 Å². The Balaban J connectivity index is 1.95. The van der Waals surface area contributed by atoms with Crippen LogP contribution in [0.2, 0.25) is 5.02 Å². The summed E-state index contributed by atoms with van der Waals surface area (Å²) in [6.45, 7) is 8.73. The molecule has 2 nitrogen and oxygen atoms in total. The zero-order chi connectivity index (χ0) is 14.8. The number of rotatable bonds is 4. The topological polar surface area (TPSA) is 21.3 Å². The first-order chi connectivity index (χ1) is 9.35. The summed E-state index contributed by atoms with van der Waals surface area (Å²) >= 11 is 6.27. The predicted octanol–water partition coefficient (Wildman–Crippen LogP) is 5.51. The van der Waals surface area contributed by atoms with Gasteiger partial charge in [0.05, 0.1) is 11.1 Å². The molecule has 0 spiro atoms. The van der Waals surface area contributed by atoms with Gasteiger partial charge in [-0.1, -0.05) is 25.4 Å². The molecule has 1 N–H and O–H groups in total. The maximum absolute atomic E-state index is 6.27. The summed E-state index contributed by atoms with van der Waals surface area (Å²) in [5.41, 5.74) is 1.60. The Morgan fingerprint density at radius 1 is 1.25 bits per heavy atom. The fourth-order valence-electron chi connectivity index (χ4n) is 2.72. The second-order valence-corrected chi connectivity index (χ2v) is 7.30. The van der Waals surface area contributed by atoms with E-state index in [0.717, 1.165) is 11.4 Å². The number of halogens is 1. The summed E-state index contributed by atoms with van der Waals surface area (Å²) in [7, 11) is 0. The minimum absolute atomic E-state index is 0.145. The Kier molecular flexibility index (Phi) is 4.85. The van der Waals surface area contributed by atoms with Crippen molar-refractivity contribution in [2.45, 2.75) is 65.5 Å². The SMILES string of the molecule is CC(C)Oc1ccc(NC2CCC(C)(C)CC2)cc1Cl. The number of nitrogens with one attached hydrogen (secondary N) is 1. The van der Waals surface area contributed by atoms with Gasteiger partial charge < -0.3 is 10.1 Å². The van der Waals surface area contributed by atoms with E-state index in [1.54, 1.807) is 0 Å². The third kappa shape index (κ3) is 4.31. The monoisotopic (exact) mass is 295 g/mol. The van der Waals surface area contributed by atoms with Crippen molar-refractivity contribution in [3.63, 3.8) is 0 Å². The zero-order valence-corrected chi connectivity index (χ0v) is 13.8. The van der Waals surface area contributed by atoms with Crippen molar-refractivity contribution in [1.82, 2.24) is 0 Å². The molecule has 0 atom stereocenters. The van der Waals surface area contributed by atoms with Crippen LogP contribution in [0.1, 0.15) is 53.4 Å². The molecule has 1 aliphatic rings. The van der Waals surface area contributed by atoms with Crippen LogP contribution in [-0.4, -0.2) is 12.1 Å². The highest BCUT2D eigenvalue weighted by atomic mass is 35.5. The Bertz CT molecular complexity index is 446. The first kappa shape index (κ1) is 15.5. The van der Waals surface area contributed by atoms with Crippen LogP contribution in [0.15, 0.2) is 18.2 Å². The van der Waals surface area contributed by atoms with Crippen LogP contribution in [0.5, 0.6) is 5.75 Å². The summed E-state index contributed by atoms with van der Waals surface area (Å²) in [5.74, 6) is 0.761. The molecule has 0 amide bonds. The molecule has 1 saturated carbocycles. The number of ether oxygens (including phenoxy) is 1. The molecule has 0 bridgehead atoms. The van der Waals surface area contributed by atoms with E-state index in [4.69, 9.17) is 16.3 Å². The number of benzene rings is 1. The van der Waals surface area contributed by atoms with Gasteiger partial charge in [0, 0.05) is 11.7 Å². The van der Waals surface area contributed by atoms with Gasteiger partial charge in [-0.15, -0.1) is 0 Å². The molecule has 1 aromatic carbocycles. The van der Waals surface area contributed by atoms with Crippen molar-refractivity contribution < 1.29 is 4.74 Å². The predicted molar refractivity (Wildman–Crippen MR) is 86.9 cm³/mol. The number of anilines is 1. The van der Waals surface area contributed by atoms with Gasteiger partial charge in [-0.25, -0.2) is 0 Å². The van der Waals surface area contributed by atoms with Gasteiger partial charge in [0.25, 0.3) is 0 Å². The van der Waals surface area contributed by atoms with Crippen LogP contribution in [-0.2, 0) is 0 Å². The van der Waals surface area contributed by atoms with Crippen molar-refractivity contribution in [3.05, 3.63) is 23.2 Å². The molecule has 0 unspecified atom stereocenters. The van der Waals surface area contributed by atoms with Crippen molar-refractivity contribution in [3.8, 4) is 5.75 Å². The lowest BCUT2D eigenvalue weighted by atomic mass is 9.75. The minimum Gasteiger partial charge on any atom is -0.489 e. The lowest BCUT2D eigenvalue weighted by Crippen LogP contribution is -2.29. The molecule has 0 radical (unpaired) electrons. The van der Waals surface area contributed by atoms with E-state index in [0.29, 0.717) is 16.5 Å². The van der Waals surface area contributed by atoms with Crippen LogP contribution in [0.4, 0.5) is 5.69 Å². The molecule has 20 heavy (non-hydrogen) atoms. The van der Waals surface area contributed by atoms with Gasteiger partial charge >= 0.3 is 0 Å². The van der Waals surface area contributed by atoms with E-state index in [1.807, 2.05) is 26.0 Å². The summed E-state index contributed by atoms with van der Waals surface area (Å²) in [5, 5.41) is 4.28. The Labute approximate surface area is 127 Å². The second kappa shape index (κ2) is 6.26. The molecular weight excluding hydrogens is 270 g/mol. The molecule has 1 fully saturated rings. The third-order valence-corrected chi connectivity index (χ3v) is 4.30. The Hall–Kier alpha value is -0.890. The molecule has 0 aliphatic heterocycles. The molecule has 3 heteroatoms. The Morgan fingerprint density at radius 2 is 1.90 bits per heavy atom. The maximum atomic E-state index is 6.27. The molecule has 112 valence electrons. The maximum Gasteiger partial charge on any atom is 0.138 e. The molecule has 1 aliphatic carbocycles. The largest absolute Gasteiger partial charge is 0.489 e. The highest BCUT2D eigenvalue weighted by Crippen LogP contribution is 2.36. The second-order valence-electron chi connectivity index (χ2n) is 6.89. The molecule has 0 heterocycles. The van der Waals surface area contributed by atoms with Crippen LogP contribution in [0.25, 0.3) is 0 Å². The molecule has 0 aromatic heterocycles. The highest BCUT2D eigenvalue weighted by molar-refractivity contribution is 6.32. The summed E-state index contributed by atoms with van der Waals surface area (Å²) in [6, 6.07) is 6.55. The fraction of sp³-hybridized carbons (Fsp3) is 0.647. The Morgan fingerprint density at radius 3 is 2.45 bits per heavy atom. The lowest BCUT2D eigenvalue weighted by molar-refractivity contribution is 0.232. The first-order valence-corrected chi connectivity index (χ1v) is 7.96. The molecule has 1 aromatic rings. The van der Waals surface area contributed by atoms with Crippen molar-refractivity contribution in [2.75, 3.05) is 5.32 Å². The van der Waals surface area contributed by atoms with Gasteiger partial charge in [0.1, 0.15) is 5.75 Å². The van der Waals surface area contributed by atoms with Crippen molar-refractivity contribution >= 4 is 17.3 Å². The van der Waals surface area contributed by atoms with E-state index in [9.17, 15) is 0 Å². The molecule has 0 saturated heterocycles. The van der Waals surface area contributed by atoms with E-state index in [-0.39, 0.29) is 6.10 Å². The van der Waals surface area contributed by atoms with Crippen LogP contribution in [0.3, 0.4) is 0 Å². The molecule has 2 rings (SSSR count). The highest BCUT2D eigenvalue weighted by Gasteiger charge is 2.26. The normalized spacial score (nSPS) is 19.1. The number of hydrogen-bond donors (Lipinski definition) is 1. The smallest absolute Gasteiger partial charge is 0.138 e. The summed E-state index contributed by atoms with van der Waals surface area (Å²) in [6.07, 6.45) is 5.18. The van der Waals surface area contributed by atoms with E-state index in [1.165, 1.54) is 25.7 Å². The third-order valence-electron chi connectivity index (χ3n) is 4.00. The van der Waals surface area contributed by atoms with Gasteiger partial charge in [-0.3, -0.25) is 0 Å². The van der Waals surface area contributed by atoms with E-state index >= 15 is 0 Å². The average Bonchev–Trinajstić information content (AvgIpc) is 2.35.